The second-order valence-corrected chi connectivity index (χ2v) is 4.85. The van der Waals surface area contributed by atoms with E-state index in [0.717, 1.165) is 17.7 Å². The first-order valence-corrected chi connectivity index (χ1v) is 5.96. The first-order valence-electron chi connectivity index (χ1n) is 5.96. The maximum absolute atomic E-state index is 5.70. The van der Waals surface area contributed by atoms with Gasteiger partial charge in [0.15, 0.2) is 0 Å². The predicted molar refractivity (Wildman–Crippen MR) is 70.3 cm³/mol. The van der Waals surface area contributed by atoms with Crippen LogP contribution in [0.25, 0.3) is 0 Å². The molecule has 1 aromatic rings. The molecule has 0 amide bonds. The maximum atomic E-state index is 5.70. The molecule has 0 atom stereocenters. The van der Waals surface area contributed by atoms with Gasteiger partial charge in [-0.1, -0.05) is 6.07 Å². The summed E-state index contributed by atoms with van der Waals surface area (Å²) in [5.74, 6) is 0.895. The molecule has 0 saturated carbocycles. The molecule has 0 spiro atoms. The molecule has 96 valence electrons. The van der Waals surface area contributed by atoms with Crippen molar-refractivity contribution < 1.29 is 9.47 Å². The molecule has 3 heteroatoms. The molecule has 0 aromatic heterocycles. The smallest absolute Gasteiger partial charge is 0.119 e. The number of ether oxygens (including phenoxy) is 2. The number of rotatable bonds is 6. The van der Waals surface area contributed by atoms with Crippen LogP contribution >= 0.6 is 0 Å². The molecule has 2 N–H and O–H groups in total. The molecule has 0 fully saturated rings. The van der Waals surface area contributed by atoms with E-state index < -0.39 is 0 Å². The minimum absolute atomic E-state index is 0.133. The van der Waals surface area contributed by atoms with Crippen molar-refractivity contribution in [3.63, 3.8) is 0 Å². The molecular formula is C14H23NO2. The summed E-state index contributed by atoms with van der Waals surface area (Å²) in [4.78, 5) is 0. The summed E-state index contributed by atoms with van der Waals surface area (Å²) in [6.45, 7) is 7.39. The van der Waals surface area contributed by atoms with Gasteiger partial charge in [-0.05, 0) is 44.0 Å². The van der Waals surface area contributed by atoms with Gasteiger partial charge in [0.1, 0.15) is 5.75 Å². The Labute approximate surface area is 104 Å². The third-order valence-corrected chi connectivity index (χ3v) is 3.06. The van der Waals surface area contributed by atoms with Crippen molar-refractivity contribution in [2.75, 3.05) is 13.7 Å². The van der Waals surface area contributed by atoms with Gasteiger partial charge in [-0.3, -0.25) is 0 Å². The lowest BCUT2D eigenvalue weighted by molar-refractivity contribution is 0.00545. The molecule has 0 aliphatic rings. The predicted octanol–water partition coefficient (Wildman–Crippen LogP) is 2.65. The van der Waals surface area contributed by atoms with Gasteiger partial charge in [-0.2, -0.15) is 0 Å². The molecule has 0 radical (unpaired) electrons. The maximum Gasteiger partial charge on any atom is 0.119 e. The van der Waals surface area contributed by atoms with Gasteiger partial charge in [0.2, 0.25) is 0 Å². The van der Waals surface area contributed by atoms with E-state index in [0.29, 0.717) is 13.2 Å². The number of hydrogen-bond acceptors (Lipinski definition) is 3. The molecule has 1 aromatic carbocycles. The zero-order valence-electron chi connectivity index (χ0n) is 11.2. The number of benzene rings is 1. The van der Waals surface area contributed by atoms with Crippen LogP contribution in [0, 0.1) is 6.92 Å². The standard InChI is InChI=1S/C14H23NO2/c1-11-9-13(6-5-12(11)10-15)17-8-7-14(2,3)16-4/h5-6,9H,7-8,10,15H2,1-4H3. The van der Waals surface area contributed by atoms with Crippen molar-refractivity contribution in [1.29, 1.82) is 0 Å². The van der Waals surface area contributed by atoms with Crippen molar-refractivity contribution in [1.82, 2.24) is 0 Å². The summed E-state index contributed by atoms with van der Waals surface area (Å²) < 4.78 is 11.0. The Morgan fingerprint density at radius 1 is 1.29 bits per heavy atom. The molecule has 0 aliphatic heterocycles. The normalized spacial score (nSPS) is 11.6. The average Bonchev–Trinajstić information content (AvgIpc) is 2.29. The third kappa shape index (κ3) is 4.36. The third-order valence-electron chi connectivity index (χ3n) is 3.06. The lowest BCUT2D eigenvalue weighted by atomic mass is 10.1. The summed E-state index contributed by atoms with van der Waals surface area (Å²) in [5.41, 5.74) is 7.82. The second kappa shape index (κ2) is 6.03. The van der Waals surface area contributed by atoms with Crippen LogP contribution in [0.1, 0.15) is 31.4 Å². The molecule has 1 rings (SSSR count). The number of hydrogen-bond donors (Lipinski definition) is 1. The lowest BCUT2D eigenvalue weighted by Crippen LogP contribution is -2.25. The van der Waals surface area contributed by atoms with Gasteiger partial charge in [0.05, 0.1) is 12.2 Å². The van der Waals surface area contributed by atoms with Crippen molar-refractivity contribution in [3.8, 4) is 5.75 Å². The Bertz CT molecular complexity index is 361. The summed E-state index contributed by atoms with van der Waals surface area (Å²) in [5, 5.41) is 0. The van der Waals surface area contributed by atoms with Crippen LogP contribution in [0.3, 0.4) is 0 Å². The Morgan fingerprint density at radius 3 is 2.53 bits per heavy atom. The lowest BCUT2D eigenvalue weighted by Gasteiger charge is -2.22. The van der Waals surface area contributed by atoms with E-state index in [4.69, 9.17) is 15.2 Å². The minimum Gasteiger partial charge on any atom is -0.493 e. The molecule has 0 unspecified atom stereocenters. The fraction of sp³-hybridized carbons (Fsp3) is 0.571. The van der Waals surface area contributed by atoms with Crippen molar-refractivity contribution in [2.24, 2.45) is 5.73 Å². The Morgan fingerprint density at radius 2 is 2.00 bits per heavy atom. The highest BCUT2D eigenvalue weighted by Gasteiger charge is 2.15. The van der Waals surface area contributed by atoms with Gasteiger partial charge in [-0.15, -0.1) is 0 Å². The average molecular weight is 237 g/mol. The second-order valence-electron chi connectivity index (χ2n) is 4.85. The van der Waals surface area contributed by atoms with E-state index in [1.54, 1.807) is 7.11 Å². The topological polar surface area (TPSA) is 44.5 Å². The highest BCUT2D eigenvalue weighted by Crippen LogP contribution is 2.19. The summed E-state index contributed by atoms with van der Waals surface area (Å²) in [6, 6.07) is 6.02. The van der Waals surface area contributed by atoms with Gasteiger partial charge < -0.3 is 15.2 Å². The van der Waals surface area contributed by atoms with E-state index in [-0.39, 0.29) is 5.60 Å². The van der Waals surface area contributed by atoms with Crippen LogP contribution in [0.5, 0.6) is 5.75 Å². The van der Waals surface area contributed by atoms with Crippen molar-refractivity contribution in [2.45, 2.75) is 39.3 Å². The first-order chi connectivity index (χ1) is 7.98. The molecule has 3 nitrogen and oxygen atoms in total. The van der Waals surface area contributed by atoms with E-state index in [1.807, 2.05) is 25.1 Å². The van der Waals surface area contributed by atoms with Gasteiger partial charge in [0.25, 0.3) is 0 Å². The summed E-state index contributed by atoms with van der Waals surface area (Å²) >= 11 is 0. The number of nitrogens with two attached hydrogens (primary N) is 1. The molecule has 17 heavy (non-hydrogen) atoms. The first kappa shape index (κ1) is 14.0. The highest BCUT2D eigenvalue weighted by molar-refractivity contribution is 5.34. The summed E-state index contributed by atoms with van der Waals surface area (Å²) in [6.07, 6.45) is 0.862. The number of methoxy groups -OCH3 is 1. The highest BCUT2D eigenvalue weighted by atomic mass is 16.5. The van der Waals surface area contributed by atoms with Gasteiger partial charge >= 0.3 is 0 Å². The molecule has 0 bridgehead atoms. The molecule has 0 heterocycles. The van der Waals surface area contributed by atoms with Crippen molar-refractivity contribution >= 4 is 0 Å². The van der Waals surface area contributed by atoms with E-state index in [9.17, 15) is 0 Å². The van der Waals surface area contributed by atoms with E-state index in [1.165, 1.54) is 5.56 Å². The zero-order chi connectivity index (χ0) is 12.9. The molecular weight excluding hydrogens is 214 g/mol. The fourth-order valence-electron chi connectivity index (χ4n) is 1.50. The van der Waals surface area contributed by atoms with E-state index >= 15 is 0 Å². The van der Waals surface area contributed by atoms with Crippen LogP contribution in [0.2, 0.25) is 0 Å². The quantitative estimate of drug-likeness (QED) is 0.827. The Balaban J connectivity index is 2.50. The molecule has 0 aliphatic carbocycles. The monoisotopic (exact) mass is 237 g/mol. The largest absolute Gasteiger partial charge is 0.493 e. The van der Waals surface area contributed by atoms with Crippen LogP contribution < -0.4 is 10.5 Å². The van der Waals surface area contributed by atoms with Crippen LogP contribution in [-0.4, -0.2) is 19.3 Å². The summed E-state index contributed by atoms with van der Waals surface area (Å²) in [7, 11) is 1.72. The van der Waals surface area contributed by atoms with E-state index in [2.05, 4.69) is 13.8 Å². The fourth-order valence-corrected chi connectivity index (χ4v) is 1.50. The number of aryl methyl sites for hydroxylation is 1. The van der Waals surface area contributed by atoms with Gasteiger partial charge in [-0.25, -0.2) is 0 Å². The Kier molecular flexibility index (Phi) is 4.97. The van der Waals surface area contributed by atoms with Gasteiger partial charge in [0, 0.05) is 20.1 Å². The SMILES string of the molecule is COC(C)(C)CCOc1ccc(CN)c(C)c1. The van der Waals surface area contributed by atoms with Crippen LogP contribution in [0.15, 0.2) is 18.2 Å². The minimum atomic E-state index is -0.133. The van der Waals surface area contributed by atoms with Crippen LogP contribution in [0.4, 0.5) is 0 Å². The van der Waals surface area contributed by atoms with Crippen LogP contribution in [-0.2, 0) is 11.3 Å². The Hall–Kier alpha value is -1.06. The van der Waals surface area contributed by atoms with Crippen molar-refractivity contribution in [3.05, 3.63) is 29.3 Å². The molecule has 0 saturated heterocycles. The zero-order valence-corrected chi connectivity index (χ0v) is 11.2.